The molecule has 1 saturated heterocycles. The minimum atomic E-state index is -0.276. The van der Waals surface area contributed by atoms with Crippen molar-refractivity contribution < 1.29 is 4.39 Å². The molecule has 0 aliphatic carbocycles. The Labute approximate surface area is 114 Å². The average Bonchev–Trinajstić information content (AvgIpc) is 2.40. The Morgan fingerprint density at radius 2 is 2.11 bits per heavy atom. The Hall–Kier alpha value is -1.58. The molecule has 0 bridgehead atoms. The van der Waals surface area contributed by atoms with E-state index in [1.807, 2.05) is 0 Å². The minimum absolute atomic E-state index is 0.0906. The summed E-state index contributed by atoms with van der Waals surface area (Å²) in [6.45, 7) is 4.05. The van der Waals surface area contributed by atoms with Gasteiger partial charge in [0.2, 0.25) is 0 Å². The highest BCUT2D eigenvalue weighted by Gasteiger charge is 2.20. The zero-order chi connectivity index (χ0) is 13.8. The van der Waals surface area contributed by atoms with Crippen LogP contribution in [0.2, 0.25) is 0 Å². The zero-order valence-corrected chi connectivity index (χ0v) is 11.5. The molecule has 0 radical (unpaired) electrons. The van der Waals surface area contributed by atoms with Gasteiger partial charge in [0, 0.05) is 18.7 Å². The molecule has 0 saturated carbocycles. The fourth-order valence-corrected chi connectivity index (χ4v) is 2.80. The molecule has 0 spiro atoms. The van der Waals surface area contributed by atoms with Gasteiger partial charge in [-0.25, -0.2) is 4.39 Å². The van der Waals surface area contributed by atoms with Gasteiger partial charge in [0.1, 0.15) is 11.7 Å². The van der Waals surface area contributed by atoms with Crippen LogP contribution in [0.1, 0.15) is 38.2 Å². The fraction of sp³-hybridized carbons (Fsp3) is 0.533. The van der Waals surface area contributed by atoms with Crippen LogP contribution in [0, 0.1) is 17.1 Å². The number of nitrogens with two attached hydrogens (primary N) is 1. The molecule has 3 N–H and O–H groups in total. The Bertz CT molecular complexity index is 451. The number of nitrogens with one attached hydrogen (secondary N) is 1. The topological polar surface area (TPSA) is 53.1 Å². The van der Waals surface area contributed by atoms with Crippen molar-refractivity contribution in [3.05, 3.63) is 29.6 Å². The number of hydrogen-bond donors (Lipinski definition) is 2. The second-order valence-electron chi connectivity index (χ2n) is 5.30. The second kappa shape index (κ2) is 6.04. The maximum absolute atomic E-state index is 14.0. The van der Waals surface area contributed by atoms with E-state index in [1.165, 1.54) is 18.9 Å². The molecule has 19 heavy (non-hydrogen) atoms. The van der Waals surface area contributed by atoms with Crippen molar-refractivity contribution in [1.29, 1.82) is 5.41 Å². The molecular formula is C15H22FN3. The number of nitrogens with zero attached hydrogens (tertiary/aromatic N) is 1. The van der Waals surface area contributed by atoms with Gasteiger partial charge in [0.15, 0.2) is 0 Å². The lowest BCUT2D eigenvalue weighted by atomic mass is 9.92. The first kappa shape index (κ1) is 13.8. The third-order valence-corrected chi connectivity index (χ3v) is 3.91. The average molecular weight is 263 g/mol. The maximum atomic E-state index is 14.0. The van der Waals surface area contributed by atoms with Crippen LogP contribution in [0.4, 0.5) is 10.1 Å². The largest absolute Gasteiger partial charge is 0.384 e. The van der Waals surface area contributed by atoms with Gasteiger partial charge in [-0.2, -0.15) is 0 Å². The van der Waals surface area contributed by atoms with Crippen molar-refractivity contribution in [1.82, 2.24) is 0 Å². The van der Waals surface area contributed by atoms with Gasteiger partial charge in [-0.05, 0) is 37.0 Å². The van der Waals surface area contributed by atoms with Gasteiger partial charge in [-0.3, -0.25) is 5.41 Å². The number of amidine groups is 1. The van der Waals surface area contributed by atoms with Gasteiger partial charge in [0.05, 0.1) is 5.69 Å². The number of anilines is 1. The summed E-state index contributed by atoms with van der Waals surface area (Å²) in [5.41, 5.74) is 6.45. The van der Waals surface area contributed by atoms with Crippen LogP contribution < -0.4 is 10.6 Å². The maximum Gasteiger partial charge on any atom is 0.147 e. The van der Waals surface area contributed by atoms with E-state index < -0.39 is 0 Å². The van der Waals surface area contributed by atoms with Gasteiger partial charge < -0.3 is 10.6 Å². The third kappa shape index (κ3) is 3.25. The second-order valence-corrected chi connectivity index (χ2v) is 5.30. The van der Waals surface area contributed by atoms with Crippen LogP contribution in [0.5, 0.6) is 0 Å². The van der Waals surface area contributed by atoms with Gasteiger partial charge >= 0.3 is 0 Å². The van der Waals surface area contributed by atoms with E-state index in [-0.39, 0.29) is 11.7 Å². The van der Waals surface area contributed by atoms with Crippen molar-refractivity contribution in [3.8, 4) is 0 Å². The molecule has 0 unspecified atom stereocenters. The summed E-state index contributed by atoms with van der Waals surface area (Å²) in [6.07, 6.45) is 4.79. The standard InChI is InChI=1S/C15H22FN3/c1-2-3-11-6-8-19(9-7-11)14-5-4-12(15(17)18)10-13(14)16/h4-5,10-11H,2-3,6-9H2,1H3,(H3,17,18). The summed E-state index contributed by atoms with van der Waals surface area (Å²) in [6, 6.07) is 4.82. The van der Waals surface area contributed by atoms with Crippen LogP contribution in [-0.4, -0.2) is 18.9 Å². The van der Waals surface area contributed by atoms with Crippen molar-refractivity contribution in [2.75, 3.05) is 18.0 Å². The van der Waals surface area contributed by atoms with Crippen LogP contribution >= 0.6 is 0 Å². The van der Waals surface area contributed by atoms with Gasteiger partial charge in [-0.1, -0.05) is 19.8 Å². The highest BCUT2D eigenvalue weighted by molar-refractivity contribution is 5.95. The molecule has 3 nitrogen and oxygen atoms in total. The van der Waals surface area contributed by atoms with E-state index in [0.29, 0.717) is 11.3 Å². The molecule has 104 valence electrons. The number of rotatable bonds is 4. The molecule has 1 heterocycles. The van der Waals surface area contributed by atoms with E-state index >= 15 is 0 Å². The molecule has 1 aliphatic heterocycles. The summed E-state index contributed by atoms with van der Waals surface area (Å²) in [5, 5.41) is 7.32. The Morgan fingerprint density at radius 1 is 1.42 bits per heavy atom. The van der Waals surface area contributed by atoms with E-state index in [0.717, 1.165) is 31.8 Å². The quantitative estimate of drug-likeness (QED) is 0.647. The lowest BCUT2D eigenvalue weighted by Crippen LogP contribution is -2.34. The lowest BCUT2D eigenvalue weighted by Gasteiger charge is -2.33. The van der Waals surface area contributed by atoms with E-state index in [1.54, 1.807) is 12.1 Å². The van der Waals surface area contributed by atoms with Crippen LogP contribution in [0.3, 0.4) is 0 Å². The number of nitrogen functional groups attached to an aromatic ring is 1. The predicted molar refractivity (Wildman–Crippen MR) is 77.3 cm³/mol. The lowest BCUT2D eigenvalue weighted by molar-refractivity contribution is 0.376. The van der Waals surface area contributed by atoms with E-state index in [9.17, 15) is 4.39 Å². The summed E-state index contributed by atoms with van der Waals surface area (Å²) in [4.78, 5) is 2.10. The SMILES string of the molecule is CCCC1CCN(c2ccc(C(=N)N)cc2F)CC1. The minimum Gasteiger partial charge on any atom is -0.384 e. The Balaban J connectivity index is 2.05. The molecule has 1 aromatic carbocycles. The molecule has 4 heteroatoms. The van der Waals surface area contributed by atoms with Gasteiger partial charge in [-0.15, -0.1) is 0 Å². The van der Waals surface area contributed by atoms with Crippen molar-refractivity contribution in [2.24, 2.45) is 11.7 Å². The molecule has 2 rings (SSSR count). The number of piperidine rings is 1. The smallest absolute Gasteiger partial charge is 0.147 e. The molecular weight excluding hydrogens is 241 g/mol. The van der Waals surface area contributed by atoms with Crippen LogP contribution in [0.25, 0.3) is 0 Å². The highest BCUT2D eigenvalue weighted by atomic mass is 19.1. The molecule has 0 amide bonds. The highest BCUT2D eigenvalue weighted by Crippen LogP contribution is 2.28. The van der Waals surface area contributed by atoms with Crippen molar-refractivity contribution >= 4 is 11.5 Å². The molecule has 0 atom stereocenters. The Kier molecular flexibility index (Phi) is 4.40. The van der Waals surface area contributed by atoms with Crippen LogP contribution in [-0.2, 0) is 0 Å². The Morgan fingerprint density at radius 3 is 2.63 bits per heavy atom. The molecule has 1 aliphatic rings. The number of hydrogen-bond acceptors (Lipinski definition) is 2. The first-order valence-corrected chi connectivity index (χ1v) is 7.00. The molecule has 1 fully saturated rings. The van der Waals surface area contributed by atoms with Crippen molar-refractivity contribution in [2.45, 2.75) is 32.6 Å². The summed E-state index contributed by atoms with van der Waals surface area (Å²) in [7, 11) is 0. The summed E-state index contributed by atoms with van der Waals surface area (Å²) >= 11 is 0. The van der Waals surface area contributed by atoms with Crippen molar-refractivity contribution in [3.63, 3.8) is 0 Å². The fourth-order valence-electron chi connectivity index (χ4n) is 2.80. The molecule has 0 aromatic heterocycles. The predicted octanol–water partition coefficient (Wildman–Crippen LogP) is 3.13. The third-order valence-electron chi connectivity index (χ3n) is 3.91. The summed E-state index contributed by atoms with van der Waals surface area (Å²) < 4.78 is 14.0. The number of halogens is 1. The van der Waals surface area contributed by atoms with Crippen LogP contribution in [0.15, 0.2) is 18.2 Å². The first-order valence-electron chi connectivity index (χ1n) is 7.00. The van der Waals surface area contributed by atoms with E-state index in [2.05, 4.69) is 11.8 Å². The monoisotopic (exact) mass is 263 g/mol. The normalized spacial score (nSPS) is 16.6. The van der Waals surface area contributed by atoms with E-state index in [4.69, 9.17) is 11.1 Å². The molecule has 1 aromatic rings. The first-order chi connectivity index (χ1) is 9.11. The zero-order valence-electron chi connectivity index (χ0n) is 11.5. The van der Waals surface area contributed by atoms with Gasteiger partial charge in [0.25, 0.3) is 0 Å². The number of benzene rings is 1. The summed E-state index contributed by atoms with van der Waals surface area (Å²) in [5.74, 6) is 0.426.